The maximum absolute atomic E-state index is 11.4. The van der Waals surface area contributed by atoms with E-state index in [-0.39, 0.29) is 39.7 Å². The third-order valence-electron chi connectivity index (χ3n) is 5.35. The molecule has 0 radical (unpaired) electrons. The predicted molar refractivity (Wildman–Crippen MR) is 121 cm³/mol. The average molecular weight is 530 g/mol. The van der Waals surface area contributed by atoms with Crippen molar-refractivity contribution in [1.29, 1.82) is 0 Å². The Morgan fingerprint density at radius 3 is 2.52 bits per heavy atom. The third kappa shape index (κ3) is 5.55. The van der Waals surface area contributed by atoms with E-state index in [9.17, 15) is 8.42 Å². The molecule has 1 aromatic heterocycles. The second-order valence-corrected chi connectivity index (χ2v) is 9.46. The molecule has 1 aliphatic rings. The highest BCUT2D eigenvalue weighted by Gasteiger charge is 2.53. The van der Waals surface area contributed by atoms with Crippen LogP contribution in [0.3, 0.4) is 0 Å². The second kappa shape index (κ2) is 10.4. The van der Waals surface area contributed by atoms with Crippen LogP contribution in [-0.2, 0) is 21.3 Å². The second-order valence-electron chi connectivity index (χ2n) is 6.51. The van der Waals surface area contributed by atoms with Crippen LogP contribution in [0.1, 0.15) is 44.9 Å². The molecule has 4 N–H and O–H groups in total. The molecule has 0 saturated heterocycles. The van der Waals surface area contributed by atoms with Gasteiger partial charge in [0.15, 0.2) is 5.96 Å². The summed E-state index contributed by atoms with van der Waals surface area (Å²) in [5, 5.41) is 11.9. The predicted octanol–water partition coefficient (Wildman–Crippen LogP) is 2.66. The number of thiophene rings is 1. The lowest BCUT2D eigenvalue weighted by Crippen LogP contribution is -2.65. The van der Waals surface area contributed by atoms with Crippen molar-refractivity contribution in [1.82, 2.24) is 10.6 Å². The first-order valence-corrected chi connectivity index (χ1v) is 11.4. The molecule has 10 heteroatoms. The van der Waals surface area contributed by atoms with Crippen molar-refractivity contribution in [2.45, 2.75) is 62.9 Å². The van der Waals surface area contributed by atoms with E-state index in [0.717, 1.165) is 30.7 Å². The monoisotopic (exact) mass is 530 g/mol. The first kappa shape index (κ1) is 24.6. The highest BCUT2D eigenvalue weighted by atomic mass is 127. The molecule has 0 aromatic carbocycles. The van der Waals surface area contributed by atoms with Gasteiger partial charge in [-0.3, -0.25) is 4.99 Å². The van der Waals surface area contributed by atoms with Crippen LogP contribution in [0.25, 0.3) is 0 Å². The molecule has 1 fully saturated rings. The summed E-state index contributed by atoms with van der Waals surface area (Å²) in [6, 6.07) is 3.61. The van der Waals surface area contributed by atoms with Gasteiger partial charge in [-0.2, -0.15) is 0 Å². The normalized spacial score (nSPS) is 21.9. The number of rotatable bonds is 8. The molecule has 2 rings (SSSR count). The molecular weight excluding hydrogens is 499 g/mol. The number of hydrogen-bond acceptors (Lipinski definition) is 5. The number of aliphatic imine (C=N–C) groups is 1. The number of ether oxygens (including phenoxy) is 1. The quantitative estimate of drug-likeness (QED) is 0.272. The molecule has 0 amide bonds. The van der Waals surface area contributed by atoms with Gasteiger partial charge in [0.25, 0.3) is 0 Å². The maximum atomic E-state index is 11.4. The smallest absolute Gasteiger partial charge is 0.247 e. The van der Waals surface area contributed by atoms with Crippen LogP contribution in [0.15, 0.2) is 21.3 Å². The Bertz CT molecular complexity index is 732. The lowest BCUT2D eigenvalue weighted by atomic mass is 9.58. The van der Waals surface area contributed by atoms with Gasteiger partial charge in [-0.1, -0.05) is 13.8 Å². The van der Waals surface area contributed by atoms with Crippen molar-refractivity contribution < 1.29 is 13.2 Å². The zero-order chi connectivity index (χ0) is 19.4. The lowest BCUT2D eigenvalue weighted by molar-refractivity contribution is -0.133. The summed E-state index contributed by atoms with van der Waals surface area (Å²) in [4.78, 5) is 5.19. The number of hydrogen-bond donors (Lipinski definition) is 3. The van der Waals surface area contributed by atoms with Gasteiger partial charge in [0.1, 0.15) is 4.21 Å². The summed E-state index contributed by atoms with van der Waals surface area (Å²) < 4.78 is 28.8. The van der Waals surface area contributed by atoms with Gasteiger partial charge in [-0.25, -0.2) is 13.6 Å². The molecule has 1 saturated carbocycles. The Labute approximate surface area is 183 Å². The highest BCUT2D eigenvalue weighted by Crippen LogP contribution is 2.48. The number of nitrogens with zero attached hydrogens (tertiary/aromatic N) is 1. The average Bonchev–Trinajstić information content (AvgIpc) is 3.07. The number of nitrogens with one attached hydrogen (secondary N) is 2. The van der Waals surface area contributed by atoms with Crippen molar-refractivity contribution in [3.05, 3.63) is 17.0 Å². The van der Waals surface area contributed by atoms with Crippen LogP contribution >= 0.6 is 35.3 Å². The standard InChI is InChI=1S/C17H30N4O3S2.HI/c1-5-17(6-2)13(10-14(17)24-7-3)21-16(19-4)20-11-12-8-9-15(25-12)26(18,22)23;/h8-9,13-14H,5-7,10-11H2,1-4H3,(H2,18,22,23)(H2,19,20,21);1H. The first-order valence-electron chi connectivity index (χ1n) is 9.01. The van der Waals surface area contributed by atoms with Crippen LogP contribution in [-0.4, -0.2) is 40.2 Å². The molecule has 2 atom stereocenters. The van der Waals surface area contributed by atoms with Crippen LogP contribution < -0.4 is 15.8 Å². The largest absolute Gasteiger partial charge is 0.378 e. The van der Waals surface area contributed by atoms with Gasteiger partial charge in [0, 0.05) is 30.0 Å². The van der Waals surface area contributed by atoms with E-state index >= 15 is 0 Å². The Hall–Kier alpha value is -0.430. The van der Waals surface area contributed by atoms with E-state index in [2.05, 4.69) is 29.5 Å². The van der Waals surface area contributed by atoms with Crippen molar-refractivity contribution in [3.8, 4) is 0 Å². The van der Waals surface area contributed by atoms with Crippen molar-refractivity contribution >= 4 is 51.3 Å². The number of sulfonamides is 1. The molecule has 1 aromatic rings. The van der Waals surface area contributed by atoms with Gasteiger partial charge in [-0.05, 0) is 38.3 Å². The van der Waals surface area contributed by atoms with Crippen molar-refractivity contribution in [3.63, 3.8) is 0 Å². The fraction of sp³-hybridized carbons (Fsp3) is 0.706. The zero-order valence-corrected chi connectivity index (χ0v) is 20.3. The molecule has 1 heterocycles. The topological polar surface area (TPSA) is 106 Å². The van der Waals surface area contributed by atoms with Gasteiger partial charge < -0.3 is 15.4 Å². The Kier molecular flexibility index (Phi) is 9.46. The molecule has 1 aliphatic carbocycles. The van der Waals surface area contributed by atoms with Crippen LogP contribution in [0.4, 0.5) is 0 Å². The van der Waals surface area contributed by atoms with E-state index in [0.29, 0.717) is 18.5 Å². The van der Waals surface area contributed by atoms with Crippen LogP contribution in [0.2, 0.25) is 0 Å². The van der Waals surface area contributed by atoms with Crippen molar-refractivity contribution in [2.24, 2.45) is 15.5 Å². The number of primary sulfonamides is 1. The zero-order valence-electron chi connectivity index (χ0n) is 16.3. The maximum Gasteiger partial charge on any atom is 0.247 e. The van der Waals surface area contributed by atoms with Gasteiger partial charge in [0.05, 0.1) is 12.6 Å². The van der Waals surface area contributed by atoms with Gasteiger partial charge in [0.2, 0.25) is 10.0 Å². The van der Waals surface area contributed by atoms with E-state index in [1.165, 1.54) is 17.4 Å². The SMILES string of the molecule is CCOC1CC(NC(=NC)NCc2ccc(S(N)(=O)=O)s2)C1(CC)CC.I. The molecule has 0 spiro atoms. The number of nitrogens with two attached hydrogens (primary N) is 1. The van der Waals surface area contributed by atoms with E-state index in [1.54, 1.807) is 13.1 Å². The van der Waals surface area contributed by atoms with E-state index < -0.39 is 10.0 Å². The molecule has 0 bridgehead atoms. The summed E-state index contributed by atoms with van der Waals surface area (Å²) in [6.07, 6.45) is 3.34. The molecule has 27 heavy (non-hydrogen) atoms. The summed E-state index contributed by atoms with van der Waals surface area (Å²) in [5.41, 5.74) is 0.122. The van der Waals surface area contributed by atoms with Gasteiger partial charge in [-0.15, -0.1) is 35.3 Å². The molecule has 0 aliphatic heterocycles. The Morgan fingerprint density at radius 1 is 1.37 bits per heavy atom. The van der Waals surface area contributed by atoms with Gasteiger partial charge >= 0.3 is 0 Å². The minimum absolute atomic E-state index is 0. The number of guanidine groups is 1. The third-order valence-corrected chi connectivity index (χ3v) is 7.88. The van der Waals surface area contributed by atoms with E-state index in [4.69, 9.17) is 9.88 Å². The number of halogens is 1. The van der Waals surface area contributed by atoms with Crippen molar-refractivity contribution in [2.75, 3.05) is 13.7 Å². The molecule has 7 nitrogen and oxygen atoms in total. The van der Waals surface area contributed by atoms with Crippen LogP contribution in [0.5, 0.6) is 0 Å². The lowest BCUT2D eigenvalue weighted by Gasteiger charge is -2.55. The summed E-state index contributed by atoms with van der Waals surface area (Å²) in [5.74, 6) is 0.710. The Morgan fingerprint density at radius 2 is 2.04 bits per heavy atom. The Balaban J connectivity index is 0.00000364. The fourth-order valence-electron chi connectivity index (χ4n) is 3.72. The fourth-order valence-corrected chi connectivity index (χ4v) is 5.44. The van der Waals surface area contributed by atoms with Crippen LogP contribution in [0, 0.1) is 5.41 Å². The minimum Gasteiger partial charge on any atom is -0.378 e. The first-order chi connectivity index (χ1) is 12.3. The highest BCUT2D eigenvalue weighted by molar-refractivity contribution is 14.0. The summed E-state index contributed by atoms with van der Waals surface area (Å²) in [7, 11) is -1.91. The van der Waals surface area contributed by atoms with E-state index in [1.807, 2.05) is 6.92 Å². The summed E-state index contributed by atoms with van der Waals surface area (Å²) in [6.45, 7) is 7.68. The molecule has 156 valence electrons. The molecule has 2 unspecified atom stereocenters. The minimum atomic E-state index is -3.64. The summed E-state index contributed by atoms with van der Waals surface area (Å²) >= 11 is 1.17. The molecular formula is C17H31IN4O3S2.